The topological polar surface area (TPSA) is 101 Å². The first kappa shape index (κ1) is 31.8. The van der Waals surface area contributed by atoms with Crippen LogP contribution in [-0.4, -0.2) is 90.6 Å². The molecule has 1 aromatic heterocycles. The molecule has 3 aliphatic heterocycles. The van der Waals surface area contributed by atoms with E-state index < -0.39 is 5.97 Å². The van der Waals surface area contributed by atoms with Gasteiger partial charge in [-0.2, -0.15) is 0 Å². The van der Waals surface area contributed by atoms with E-state index >= 15 is 0 Å². The number of fused-ring (bicyclic) bond motifs is 1. The van der Waals surface area contributed by atoms with Crippen LogP contribution in [0, 0.1) is 13.8 Å². The quantitative estimate of drug-likeness (QED) is 0.191. The smallest absolute Gasteiger partial charge is 0.304 e. The first-order valence-electron chi connectivity index (χ1n) is 17.0. The lowest BCUT2D eigenvalue weighted by Gasteiger charge is -2.35. The average Bonchev–Trinajstić information content (AvgIpc) is 3.66. The Morgan fingerprint density at radius 1 is 0.957 bits per heavy atom. The number of carboxylic acids is 1. The third-order valence-electron chi connectivity index (χ3n) is 10.3. The second-order valence-electron chi connectivity index (χ2n) is 13.3. The van der Waals surface area contributed by atoms with Crippen LogP contribution in [0.5, 0.6) is 5.75 Å². The number of aliphatic carboxylic acids is 1. The van der Waals surface area contributed by atoms with Gasteiger partial charge in [0.25, 0.3) is 0 Å². The SMILES string of the molecule is COc1cc2oc(-c3cccc(-c4cccc(CC5OC5CN5CCOCC5)c4C)c3C)nc2cc1CN1CCCCC1CC(=O)O. The van der Waals surface area contributed by atoms with E-state index in [4.69, 9.17) is 23.6 Å². The van der Waals surface area contributed by atoms with Crippen molar-refractivity contribution in [1.29, 1.82) is 0 Å². The zero-order valence-corrected chi connectivity index (χ0v) is 27.7. The number of epoxide rings is 1. The van der Waals surface area contributed by atoms with Crippen molar-refractivity contribution in [3.05, 3.63) is 70.8 Å². The predicted molar refractivity (Wildman–Crippen MR) is 181 cm³/mol. The fourth-order valence-corrected chi connectivity index (χ4v) is 7.48. The number of hydrogen-bond acceptors (Lipinski definition) is 8. The molecule has 0 spiro atoms. The second-order valence-corrected chi connectivity index (χ2v) is 13.3. The van der Waals surface area contributed by atoms with Crippen LogP contribution >= 0.6 is 0 Å². The van der Waals surface area contributed by atoms with Crippen LogP contribution < -0.4 is 4.74 Å². The van der Waals surface area contributed by atoms with Crippen LogP contribution in [0.25, 0.3) is 33.7 Å². The summed E-state index contributed by atoms with van der Waals surface area (Å²) < 4.78 is 23.7. The Morgan fingerprint density at radius 3 is 2.51 bits per heavy atom. The Bertz CT molecular complexity index is 1750. The highest BCUT2D eigenvalue weighted by Crippen LogP contribution is 2.38. The number of ether oxygens (including phenoxy) is 3. The van der Waals surface area contributed by atoms with Gasteiger partial charge in [-0.3, -0.25) is 14.6 Å². The van der Waals surface area contributed by atoms with Crippen LogP contribution in [0.3, 0.4) is 0 Å². The normalized spacial score (nSPS) is 22.1. The summed E-state index contributed by atoms with van der Waals surface area (Å²) in [5, 5.41) is 9.46. The maximum Gasteiger partial charge on any atom is 0.304 e. The Balaban J connectivity index is 1.12. The van der Waals surface area contributed by atoms with Crippen molar-refractivity contribution in [3.63, 3.8) is 0 Å². The molecule has 0 saturated carbocycles. The van der Waals surface area contributed by atoms with Crippen molar-refractivity contribution < 1.29 is 28.5 Å². The van der Waals surface area contributed by atoms with E-state index in [0.717, 1.165) is 93.0 Å². The van der Waals surface area contributed by atoms with E-state index in [-0.39, 0.29) is 18.6 Å². The number of nitrogens with zero attached hydrogens (tertiary/aromatic N) is 3. The molecule has 4 aromatic rings. The molecular formula is C38H45N3O6. The molecule has 3 unspecified atom stereocenters. The van der Waals surface area contributed by atoms with Crippen molar-refractivity contribution in [1.82, 2.24) is 14.8 Å². The van der Waals surface area contributed by atoms with Gasteiger partial charge in [0.15, 0.2) is 5.58 Å². The highest BCUT2D eigenvalue weighted by molar-refractivity contribution is 5.82. The molecule has 0 aliphatic carbocycles. The Hall–Kier alpha value is -3.76. The highest BCUT2D eigenvalue weighted by Gasteiger charge is 2.40. The minimum absolute atomic E-state index is 0.0233. The van der Waals surface area contributed by atoms with Gasteiger partial charge in [-0.1, -0.05) is 36.8 Å². The van der Waals surface area contributed by atoms with Gasteiger partial charge in [0.1, 0.15) is 11.3 Å². The average molecular weight is 640 g/mol. The lowest BCUT2D eigenvalue weighted by molar-refractivity contribution is -0.138. The third-order valence-corrected chi connectivity index (χ3v) is 10.3. The molecule has 7 rings (SSSR count). The standard InChI is InChI=1S/C38H45N3O6/c1-24-26(19-35-36(46-35)23-40-14-16-45-17-15-40)8-6-10-29(24)30-11-7-12-31(25(30)2)38-39-32-18-27(33(44-3)21-34(32)47-38)22-41-13-5-4-9-28(41)20-37(42)43/h6-8,10-12,18,21,28,35-36H,4-5,9,13-17,19-20,22-23H2,1-3H3,(H,42,43). The first-order chi connectivity index (χ1) is 22.9. The Labute approximate surface area is 276 Å². The lowest BCUT2D eigenvalue weighted by Crippen LogP contribution is -2.40. The number of morpholine rings is 1. The molecule has 47 heavy (non-hydrogen) atoms. The van der Waals surface area contributed by atoms with Crippen LogP contribution in [0.4, 0.5) is 0 Å². The van der Waals surface area contributed by atoms with Gasteiger partial charge in [-0.15, -0.1) is 0 Å². The minimum Gasteiger partial charge on any atom is -0.496 e. The zero-order valence-electron chi connectivity index (χ0n) is 27.7. The number of methoxy groups -OCH3 is 1. The number of hydrogen-bond donors (Lipinski definition) is 1. The molecule has 4 heterocycles. The fraction of sp³-hybridized carbons (Fsp3) is 0.474. The van der Waals surface area contributed by atoms with Crippen molar-refractivity contribution in [2.45, 2.75) is 70.7 Å². The van der Waals surface area contributed by atoms with Crippen LogP contribution in [0.15, 0.2) is 52.9 Å². The van der Waals surface area contributed by atoms with Gasteiger partial charge in [0.2, 0.25) is 5.89 Å². The van der Waals surface area contributed by atoms with Gasteiger partial charge in [-0.25, -0.2) is 4.98 Å². The number of carboxylic acid groups (broad SMARTS) is 1. The number of piperidine rings is 1. The summed E-state index contributed by atoms with van der Waals surface area (Å²) in [5.74, 6) is 0.547. The van der Waals surface area contributed by atoms with Crippen molar-refractivity contribution in [2.75, 3.05) is 46.5 Å². The Kier molecular flexibility index (Phi) is 9.32. The minimum atomic E-state index is -0.755. The Morgan fingerprint density at radius 2 is 1.72 bits per heavy atom. The molecule has 3 atom stereocenters. The van der Waals surface area contributed by atoms with E-state index in [2.05, 4.69) is 60.0 Å². The first-order valence-corrected chi connectivity index (χ1v) is 17.0. The number of likely N-dealkylation sites (tertiary alicyclic amines) is 1. The second kappa shape index (κ2) is 13.8. The van der Waals surface area contributed by atoms with Gasteiger partial charge in [-0.05, 0) is 73.2 Å². The van der Waals surface area contributed by atoms with Crippen LogP contribution in [0.2, 0.25) is 0 Å². The predicted octanol–water partition coefficient (Wildman–Crippen LogP) is 6.26. The van der Waals surface area contributed by atoms with Gasteiger partial charge >= 0.3 is 5.97 Å². The largest absolute Gasteiger partial charge is 0.496 e. The molecule has 0 amide bonds. The maximum absolute atomic E-state index is 11.5. The summed E-state index contributed by atoms with van der Waals surface area (Å²) in [4.78, 5) is 21.2. The lowest BCUT2D eigenvalue weighted by atomic mass is 9.90. The summed E-state index contributed by atoms with van der Waals surface area (Å²) in [6, 6.07) is 16.9. The molecule has 3 aliphatic rings. The molecule has 0 radical (unpaired) electrons. The number of aromatic nitrogens is 1. The number of benzene rings is 3. The molecule has 0 bridgehead atoms. The van der Waals surface area contributed by atoms with E-state index in [1.54, 1.807) is 7.11 Å². The number of carbonyl (C=O) groups is 1. The zero-order chi connectivity index (χ0) is 32.5. The van der Waals surface area contributed by atoms with E-state index in [0.29, 0.717) is 24.1 Å². The van der Waals surface area contributed by atoms with Crippen molar-refractivity contribution in [2.24, 2.45) is 0 Å². The molecular weight excluding hydrogens is 594 g/mol. The molecule has 3 fully saturated rings. The summed E-state index contributed by atoms with van der Waals surface area (Å²) in [6.45, 7) is 10.4. The molecule has 9 nitrogen and oxygen atoms in total. The molecule has 1 N–H and O–H groups in total. The summed E-state index contributed by atoms with van der Waals surface area (Å²) in [7, 11) is 1.66. The maximum atomic E-state index is 11.5. The van der Waals surface area contributed by atoms with Crippen LogP contribution in [0.1, 0.15) is 47.9 Å². The number of oxazole rings is 1. The van der Waals surface area contributed by atoms with E-state index in [1.165, 1.54) is 22.3 Å². The molecule has 248 valence electrons. The van der Waals surface area contributed by atoms with E-state index in [1.807, 2.05) is 12.1 Å². The van der Waals surface area contributed by atoms with Gasteiger partial charge in [0, 0.05) is 55.8 Å². The summed E-state index contributed by atoms with van der Waals surface area (Å²) >= 11 is 0. The van der Waals surface area contributed by atoms with E-state index in [9.17, 15) is 9.90 Å². The summed E-state index contributed by atoms with van der Waals surface area (Å²) in [6.07, 6.45) is 4.65. The molecule has 9 heteroatoms. The van der Waals surface area contributed by atoms with Crippen molar-refractivity contribution >= 4 is 17.1 Å². The van der Waals surface area contributed by atoms with Gasteiger partial charge < -0.3 is 23.7 Å². The molecule has 3 aromatic carbocycles. The highest BCUT2D eigenvalue weighted by atomic mass is 16.6. The van der Waals surface area contributed by atoms with Crippen LogP contribution in [-0.2, 0) is 27.2 Å². The fourth-order valence-electron chi connectivity index (χ4n) is 7.48. The molecule has 3 saturated heterocycles. The van der Waals surface area contributed by atoms with Gasteiger partial charge in [0.05, 0.1) is 39.0 Å². The summed E-state index contributed by atoms with van der Waals surface area (Å²) in [5.41, 5.74) is 9.47. The third kappa shape index (κ3) is 6.94. The number of rotatable bonds is 11. The van der Waals surface area contributed by atoms with Crippen molar-refractivity contribution in [3.8, 4) is 28.3 Å². The monoisotopic (exact) mass is 639 g/mol.